The molecule has 0 saturated heterocycles. The number of aromatic amines is 1. The van der Waals surface area contributed by atoms with Crippen LogP contribution in [0.15, 0.2) is 24.3 Å². The van der Waals surface area contributed by atoms with Gasteiger partial charge in [-0.15, -0.1) is 0 Å². The van der Waals surface area contributed by atoms with Gasteiger partial charge in [0.1, 0.15) is 11.4 Å². The fourth-order valence-electron chi connectivity index (χ4n) is 3.13. The van der Waals surface area contributed by atoms with Crippen LogP contribution in [0.1, 0.15) is 49.3 Å². The number of pyridine rings is 1. The Morgan fingerprint density at radius 2 is 1.85 bits per heavy atom. The molecule has 2 aromatic heterocycles. The van der Waals surface area contributed by atoms with Gasteiger partial charge in [0.25, 0.3) is 0 Å². The molecular formula is C21H25N3O3. The van der Waals surface area contributed by atoms with Gasteiger partial charge < -0.3 is 9.47 Å². The second-order valence-corrected chi connectivity index (χ2v) is 7.45. The molecule has 0 aliphatic rings. The molecule has 0 fully saturated rings. The molecule has 142 valence electrons. The van der Waals surface area contributed by atoms with Crippen LogP contribution >= 0.6 is 0 Å². The third-order valence-corrected chi connectivity index (χ3v) is 4.30. The third-order valence-electron chi connectivity index (χ3n) is 4.30. The SMILES string of the molecule is CCc1c(-c2ccc(OC)cc2)nc2n[nH]c(C)c2c1C(=O)OC(C)(C)C. The summed E-state index contributed by atoms with van der Waals surface area (Å²) in [7, 11) is 1.63. The molecule has 0 saturated carbocycles. The molecule has 0 bridgehead atoms. The first kappa shape index (κ1) is 18.9. The lowest BCUT2D eigenvalue weighted by Gasteiger charge is -2.21. The monoisotopic (exact) mass is 367 g/mol. The smallest absolute Gasteiger partial charge is 0.339 e. The number of rotatable bonds is 4. The van der Waals surface area contributed by atoms with E-state index in [0.29, 0.717) is 17.6 Å². The average Bonchev–Trinajstić information content (AvgIpc) is 2.99. The number of ether oxygens (including phenoxy) is 2. The van der Waals surface area contributed by atoms with Crippen LogP contribution in [0.3, 0.4) is 0 Å². The van der Waals surface area contributed by atoms with E-state index in [2.05, 4.69) is 10.2 Å². The molecule has 0 radical (unpaired) electrons. The van der Waals surface area contributed by atoms with Crippen LogP contribution in [-0.4, -0.2) is 33.9 Å². The van der Waals surface area contributed by atoms with E-state index in [9.17, 15) is 4.79 Å². The molecule has 0 amide bonds. The van der Waals surface area contributed by atoms with Crippen LogP contribution in [0, 0.1) is 6.92 Å². The van der Waals surface area contributed by atoms with Crippen molar-refractivity contribution < 1.29 is 14.3 Å². The number of carbonyl (C=O) groups is 1. The lowest BCUT2D eigenvalue weighted by molar-refractivity contribution is 0.00706. The second-order valence-electron chi connectivity index (χ2n) is 7.45. The fraction of sp³-hybridized carbons (Fsp3) is 0.381. The Balaban J connectivity index is 2.27. The molecule has 0 unspecified atom stereocenters. The summed E-state index contributed by atoms with van der Waals surface area (Å²) in [6.45, 7) is 9.49. The van der Waals surface area contributed by atoms with E-state index in [1.54, 1.807) is 7.11 Å². The highest BCUT2D eigenvalue weighted by molar-refractivity contribution is 6.06. The number of aromatic nitrogens is 3. The van der Waals surface area contributed by atoms with Crippen molar-refractivity contribution in [3.8, 4) is 17.0 Å². The molecule has 6 heteroatoms. The van der Waals surface area contributed by atoms with Crippen molar-refractivity contribution in [2.24, 2.45) is 0 Å². The molecule has 0 aliphatic heterocycles. The Labute approximate surface area is 158 Å². The summed E-state index contributed by atoms with van der Waals surface area (Å²) in [6, 6.07) is 7.63. The largest absolute Gasteiger partial charge is 0.497 e. The van der Waals surface area contributed by atoms with Gasteiger partial charge in [-0.25, -0.2) is 9.78 Å². The number of esters is 1. The summed E-state index contributed by atoms with van der Waals surface area (Å²) in [4.78, 5) is 17.8. The number of H-pyrrole nitrogens is 1. The Bertz CT molecular complexity index is 983. The Hall–Kier alpha value is -2.89. The highest BCUT2D eigenvalue weighted by Crippen LogP contribution is 2.33. The third kappa shape index (κ3) is 3.65. The van der Waals surface area contributed by atoms with Gasteiger partial charge in [0.05, 0.1) is 23.8 Å². The van der Waals surface area contributed by atoms with E-state index in [0.717, 1.165) is 33.7 Å². The van der Waals surface area contributed by atoms with Gasteiger partial charge in [-0.05, 0) is 63.9 Å². The molecule has 0 spiro atoms. The lowest BCUT2D eigenvalue weighted by atomic mass is 9.95. The van der Waals surface area contributed by atoms with Gasteiger partial charge >= 0.3 is 5.97 Å². The lowest BCUT2D eigenvalue weighted by Crippen LogP contribution is -2.25. The van der Waals surface area contributed by atoms with Crippen LogP contribution in [0.2, 0.25) is 0 Å². The number of hydrogen-bond donors (Lipinski definition) is 1. The summed E-state index contributed by atoms with van der Waals surface area (Å²) in [6.07, 6.45) is 0.642. The van der Waals surface area contributed by atoms with Crippen LogP contribution in [0.25, 0.3) is 22.3 Å². The summed E-state index contributed by atoms with van der Waals surface area (Å²) in [5.41, 5.74) is 3.75. The number of aryl methyl sites for hydroxylation is 1. The van der Waals surface area contributed by atoms with Crippen molar-refractivity contribution in [2.45, 2.75) is 46.6 Å². The molecule has 1 aromatic carbocycles. The number of benzene rings is 1. The molecular weight excluding hydrogens is 342 g/mol. The van der Waals surface area contributed by atoms with Gasteiger partial charge in [-0.3, -0.25) is 5.10 Å². The molecule has 0 atom stereocenters. The van der Waals surface area contributed by atoms with Crippen molar-refractivity contribution in [1.82, 2.24) is 15.2 Å². The Morgan fingerprint density at radius 1 is 1.19 bits per heavy atom. The predicted molar refractivity (Wildman–Crippen MR) is 105 cm³/mol. The van der Waals surface area contributed by atoms with Crippen molar-refractivity contribution in [2.75, 3.05) is 7.11 Å². The first-order valence-electron chi connectivity index (χ1n) is 9.00. The zero-order valence-corrected chi connectivity index (χ0v) is 16.6. The van der Waals surface area contributed by atoms with Gasteiger partial charge in [0.2, 0.25) is 0 Å². The summed E-state index contributed by atoms with van der Waals surface area (Å²) in [5, 5.41) is 7.95. The zero-order valence-electron chi connectivity index (χ0n) is 16.6. The fourth-order valence-corrected chi connectivity index (χ4v) is 3.13. The number of nitrogens with zero attached hydrogens (tertiary/aromatic N) is 2. The Morgan fingerprint density at radius 3 is 2.41 bits per heavy atom. The molecule has 3 rings (SSSR count). The van der Waals surface area contributed by atoms with Gasteiger partial charge in [-0.2, -0.15) is 5.10 Å². The minimum Gasteiger partial charge on any atom is -0.497 e. The molecule has 3 aromatic rings. The average molecular weight is 367 g/mol. The standard InChI is InChI=1S/C21H25N3O3/c1-7-15-17(20(25)27-21(3,4)5)16-12(2)23-24-19(16)22-18(15)13-8-10-14(26-6)11-9-13/h8-11H,7H2,1-6H3,(H,22,23,24). The van der Waals surface area contributed by atoms with Crippen molar-refractivity contribution in [3.05, 3.63) is 41.1 Å². The Kier molecular flexibility index (Phi) is 4.91. The molecule has 27 heavy (non-hydrogen) atoms. The van der Waals surface area contributed by atoms with E-state index in [-0.39, 0.29) is 5.97 Å². The minimum absolute atomic E-state index is 0.356. The maximum atomic E-state index is 13.1. The maximum Gasteiger partial charge on any atom is 0.339 e. The van der Waals surface area contributed by atoms with E-state index < -0.39 is 5.60 Å². The number of hydrogen-bond acceptors (Lipinski definition) is 5. The number of fused-ring (bicyclic) bond motifs is 1. The zero-order chi connectivity index (χ0) is 19.8. The summed E-state index contributed by atoms with van der Waals surface area (Å²) >= 11 is 0. The highest BCUT2D eigenvalue weighted by atomic mass is 16.6. The molecule has 1 N–H and O–H groups in total. The van der Waals surface area contributed by atoms with Crippen LogP contribution < -0.4 is 4.74 Å². The molecule has 6 nitrogen and oxygen atoms in total. The van der Waals surface area contributed by atoms with Gasteiger partial charge in [-0.1, -0.05) is 6.92 Å². The summed E-state index contributed by atoms with van der Waals surface area (Å²) < 4.78 is 10.9. The quantitative estimate of drug-likeness (QED) is 0.689. The summed E-state index contributed by atoms with van der Waals surface area (Å²) in [5.74, 6) is 0.409. The predicted octanol–water partition coefficient (Wildman–Crippen LogP) is 4.46. The highest BCUT2D eigenvalue weighted by Gasteiger charge is 2.27. The normalized spacial score (nSPS) is 11.6. The maximum absolute atomic E-state index is 13.1. The van der Waals surface area contributed by atoms with Crippen molar-refractivity contribution in [1.29, 1.82) is 0 Å². The van der Waals surface area contributed by atoms with Gasteiger partial charge in [0, 0.05) is 11.3 Å². The molecule has 0 aliphatic carbocycles. The minimum atomic E-state index is -0.588. The first-order chi connectivity index (χ1) is 12.7. The topological polar surface area (TPSA) is 77.1 Å². The number of carbonyl (C=O) groups excluding carboxylic acids is 1. The van der Waals surface area contributed by atoms with Crippen LogP contribution in [-0.2, 0) is 11.2 Å². The van der Waals surface area contributed by atoms with E-state index in [1.165, 1.54) is 0 Å². The number of nitrogens with one attached hydrogen (secondary N) is 1. The van der Waals surface area contributed by atoms with Gasteiger partial charge in [0.15, 0.2) is 5.65 Å². The second kappa shape index (κ2) is 7.02. The number of methoxy groups -OCH3 is 1. The van der Waals surface area contributed by atoms with E-state index in [4.69, 9.17) is 14.5 Å². The van der Waals surface area contributed by atoms with Crippen molar-refractivity contribution >= 4 is 17.0 Å². The first-order valence-corrected chi connectivity index (χ1v) is 9.00. The van der Waals surface area contributed by atoms with E-state index in [1.807, 2.05) is 58.9 Å². The molecule has 2 heterocycles. The van der Waals surface area contributed by atoms with E-state index >= 15 is 0 Å². The van der Waals surface area contributed by atoms with Crippen LogP contribution in [0.5, 0.6) is 5.75 Å². The van der Waals surface area contributed by atoms with Crippen molar-refractivity contribution in [3.63, 3.8) is 0 Å². The van der Waals surface area contributed by atoms with Crippen LogP contribution in [0.4, 0.5) is 0 Å².